The normalized spacial score (nSPS) is 26.0. The molecule has 0 radical (unpaired) electrons. The molecule has 0 heterocycles. The molecule has 0 aromatic heterocycles. The molecule has 2 saturated carbocycles. The SMILES string of the molecule is CN(C)[C@@]1(c2cccc(CCCN[C@@]3(c4ccccc4)CCCCC3=O)c2)CCCCC1=O. The molecule has 4 nitrogen and oxygen atoms in total. The third kappa shape index (κ3) is 4.69. The molecule has 0 saturated heterocycles. The number of nitrogens with one attached hydrogen (secondary N) is 1. The Balaban J connectivity index is 1.45. The summed E-state index contributed by atoms with van der Waals surface area (Å²) in [5.41, 5.74) is 2.47. The van der Waals surface area contributed by atoms with E-state index in [4.69, 9.17) is 0 Å². The summed E-state index contributed by atoms with van der Waals surface area (Å²) >= 11 is 0. The Labute approximate surface area is 198 Å². The number of likely N-dealkylation sites (N-methyl/N-ethyl adjacent to an activating group) is 1. The molecule has 4 rings (SSSR count). The molecule has 0 bridgehead atoms. The van der Waals surface area contributed by atoms with Crippen molar-refractivity contribution < 1.29 is 9.59 Å². The van der Waals surface area contributed by atoms with Gasteiger partial charge in [0.25, 0.3) is 0 Å². The van der Waals surface area contributed by atoms with E-state index in [1.807, 2.05) is 32.3 Å². The fourth-order valence-electron chi connectivity index (χ4n) is 5.97. The summed E-state index contributed by atoms with van der Waals surface area (Å²) in [5, 5.41) is 3.67. The van der Waals surface area contributed by atoms with E-state index in [-0.39, 0.29) is 0 Å². The first-order valence-corrected chi connectivity index (χ1v) is 12.6. The quantitative estimate of drug-likeness (QED) is 0.570. The molecule has 2 aliphatic carbocycles. The molecule has 2 aromatic rings. The number of benzene rings is 2. The molecule has 2 aromatic carbocycles. The van der Waals surface area contributed by atoms with E-state index in [1.165, 1.54) is 5.56 Å². The summed E-state index contributed by atoms with van der Waals surface area (Å²) in [6, 6.07) is 18.9. The summed E-state index contributed by atoms with van der Waals surface area (Å²) < 4.78 is 0. The number of hydrogen-bond donors (Lipinski definition) is 1. The van der Waals surface area contributed by atoms with Crippen LogP contribution in [0, 0.1) is 0 Å². The van der Waals surface area contributed by atoms with Gasteiger partial charge in [-0.2, -0.15) is 0 Å². The average molecular weight is 447 g/mol. The monoisotopic (exact) mass is 446 g/mol. The number of Topliss-reactive ketones (excluding diaryl/α,β-unsaturated/α-hetero) is 2. The largest absolute Gasteiger partial charge is 0.301 e. The van der Waals surface area contributed by atoms with Crippen molar-refractivity contribution in [1.29, 1.82) is 0 Å². The van der Waals surface area contributed by atoms with Gasteiger partial charge in [-0.3, -0.25) is 14.5 Å². The molecule has 2 aliphatic rings. The van der Waals surface area contributed by atoms with Crippen molar-refractivity contribution in [3.8, 4) is 0 Å². The Bertz CT molecular complexity index is 971. The van der Waals surface area contributed by atoms with Crippen LogP contribution in [0.2, 0.25) is 0 Å². The molecular weight excluding hydrogens is 408 g/mol. The lowest BCUT2D eigenvalue weighted by Gasteiger charge is -2.42. The fraction of sp³-hybridized carbons (Fsp3) is 0.517. The van der Waals surface area contributed by atoms with Gasteiger partial charge in [-0.05, 0) is 75.9 Å². The third-order valence-corrected chi connectivity index (χ3v) is 7.84. The van der Waals surface area contributed by atoms with Crippen molar-refractivity contribution in [3.05, 3.63) is 71.3 Å². The zero-order valence-corrected chi connectivity index (χ0v) is 20.2. The lowest BCUT2D eigenvalue weighted by atomic mass is 9.74. The summed E-state index contributed by atoms with van der Waals surface area (Å²) in [6.45, 7) is 0.794. The van der Waals surface area contributed by atoms with E-state index >= 15 is 0 Å². The predicted molar refractivity (Wildman–Crippen MR) is 133 cm³/mol. The third-order valence-electron chi connectivity index (χ3n) is 7.84. The van der Waals surface area contributed by atoms with Crippen LogP contribution in [0.25, 0.3) is 0 Å². The van der Waals surface area contributed by atoms with Crippen LogP contribution < -0.4 is 5.32 Å². The molecule has 2 fully saturated rings. The Morgan fingerprint density at radius 3 is 2.21 bits per heavy atom. The van der Waals surface area contributed by atoms with E-state index in [0.29, 0.717) is 24.4 Å². The molecule has 0 spiro atoms. The Kier molecular flexibility index (Phi) is 7.45. The molecule has 0 aliphatic heterocycles. The summed E-state index contributed by atoms with van der Waals surface area (Å²) in [7, 11) is 4.06. The van der Waals surface area contributed by atoms with Gasteiger partial charge in [0.2, 0.25) is 0 Å². The predicted octanol–water partition coefficient (Wildman–Crippen LogP) is 5.15. The maximum Gasteiger partial charge on any atom is 0.157 e. The Morgan fingerprint density at radius 2 is 1.52 bits per heavy atom. The first-order valence-electron chi connectivity index (χ1n) is 12.6. The fourth-order valence-corrected chi connectivity index (χ4v) is 5.97. The molecule has 1 N–H and O–H groups in total. The standard InChI is InChI=1S/C29H38N2O2/c1-31(2)29(20-9-7-18-27(29)33)25-16-10-12-23(22-25)13-11-21-30-28(19-8-6-17-26(28)32)24-14-4-3-5-15-24/h3-5,10,12,14-16,22,30H,6-9,11,13,17-21H2,1-2H3/t28-,29-/m1/s1. The van der Waals surface area contributed by atoms with E-state index in [0.717, 1.165) is 69.0 Å². The van der Waals surface area contributed by atoms with Crippen molar-refractivity contribution in [2.45, 2.75) is 75.3 Å². The smallest absolute Gasteiger partial charge is 0.157 e. The molecule has 0 unspecified atom stereocenters. The average Bonchev–Trinajstić information content (AvgIpc) is 2.84. The van der Waals surface area contributed by atoms with Crippen LogP contribution in [0.4, 0.5) is 0 Å². The highest BCUT2D eigenvalue weighted by atomic mass is 16.1. The van der Waals surface area contributed by atoms with Gasteiger partial charge in [-0.25, -0.2) is 0 Å². The van der Waals surface area contributed by atoms with Gasteiger partial charge in [0.15, 0.2) is 11.6 Å². The van der Waals surface area contributed by atoms with Crippen LogP contribution in [0.15, 0.2) is 54.6 Å². The highest BCUT2D eigenvalue weighted by Gasteiger charge is 2.43. The van der Waals surface area contributed by atoms with Crippen molar-refractivity contribution in [2.75, 3.05) is 20.6 Å². The number of carbonyl (C=O) groups is 2. The van der Waals surface area contributed by atoms with Gasteiger partial charge in [0, 0.05) is 12.8 Å². The number of ketones is 2. The number of carbonyl (C=O) groups excluding carboxylic acids is 2. The minimum atomic E-state index is -0.537. The van der Waals surface area contributed by atoms with Crippen molar-refractivity contribution >= 4 is 11.6 Å². The minimum Gasteiger partial charge on any atom is -0.301 e. The second-order valence-corrected chi connectivity index (χ2v) is 10.0. The lowest BCUT2D eigenvalue weighted by molar-refractivity contribution is -0.133. The first kappa shape index (κ1) is 23.8. The summed E-state index contributed by atoms with van der Waals surface area (Å²) in [6.07, 6.45) is 9.14. The van der Waals surface area contributed by atoms with Crippen molar-refractivity contribution in [1.82, 2.24) is 10.2 Å². The second-order valence-electron chi connectivity index (χ2n) is 10.0. The van der Waals surface area contributed by atoms with Crippen LogP contribution in [0.5, 0.6) is 0 Å². The Hall–Kier alpha value is -2.30. The second kappa shape index (κ2) is 10.3. The molecular formula is C29H38N2O2. The van der Waals surface area contributed by atoms with Crippen molar-refractivity contribution in [3.63, 3.8) is 0 Å². The van der Waals surface area contributed by atoms with Gasteiger partial charge in [0.05, 0.1) is 0 Å². The van der Waals surface area contributed by atoms with Crippen LogP contribution in [0.3, 0.4) is 0 Å². The molecule has 0 amide bonds. The minimum absolute atomic E-state index is 0.325. The van der Waals surface area contributed by atoms with Gasteiger partial charge >= 0.3 is 0 Å². The highest BCUT2D eigenvalue weighted by molar-refractivity contribution is 5.91. The Morgan fingerprint density at radius 1 is 0.818 bits per heavy atom. The molecule has 2 atom stereocenters. The van der Waals surface area contributed by atoms with Gasteiger partial charge in [-0.15, -0.1) is 0 Å². The number of nitrogens with zero attached hydrogens (tertiary/aromatic N) is 1. The summed E-state index contributed by atoms with van der Waals surface area (Å²) in [5.74, 6) is 0.670. The van der Waals surface area contributed by atoms with Gasteiger partial charge in [-0.1, -0.05) is 67.4 Å². The van der Waals surface area contributed by atoms with Crippen molar-refractivity contribution in [2.24, 2.45) is 0 Å². The van der Waals surface area contributed by atoms with E-state index in [1.54, 1.807) is 0 Å². The number of hydrogen-bond acceptors (Lipinski definition) is 4. The highest BCUT2D eigenvalue weighted by Crippen LogP contribution is 2.39. The van der Waals surface area contributed by atoms with Crippen LogP contribution >= 0.6 is 0 Å². The zero-order chi connectivity index (χ0) is 23.3. The van der Waals surface area contributed by atoms with Crippen LogP contribution in [-0.4, -0.2) is 37.1 Å². The molecule has 33 heavy (non-hydrogen) atoms. The first-order chi connectivity index (χ1) is 16.0. The van der Waals surface area contributed by atoms with E-state index < -0.39 is 11.1 Å². The zero-order valence-electron chi connectivity index (χ0n) is 20.2. The lowest BCUT2D eigenvalue weighted by Crippen LogP contribution is -2.51. The molecule has 4 heteroatoms. The maximum absolute atomic E-state index is 13.0. The van der Waals surface area contributed by atoms with Crippen LogP contribution in [0.1, 0.15) is 74.5 Å². The van der Waals surface area contributed by atoms with E-state index in [9.17, 15) is 9.59 Å². The number of aryl methyl sites for hydroxylation is 1. The van der Waals surface area contributed by atoms with Gasteiger partial charge in [0.1, 0.15) is 11.1 Å². The number of rotatable bonds is 8. The van der Waals surface area contributed by atoms with E-state index in [2.05, 4.69) is 46.6 Å². The van der Waals surface area contributed by atoms with Gasteiger partial charge < -0.3 is 5.32 Å². The van der Waals surface area contributed by atoms with Crippen LogP contribution in [-0.2, 0) is 27.1 Å². The topological polar surface area (TPSA) is 49.4 Å². The maximum atomic E-state index is 13.0. The summed E-state index contributed by atoms with van der Waals surface area (Å²) in [4.78, 5) is 28.2. The molecule has 176 valence electrons.